The summed E-state index contributed by atoms with van der Waals surface area (Å²) in [6.45, 7) is 5.05. The van der Waals surface area contributed by atoms with E-state index in [-0.39, 0.29) is 0 Å². The number of aromatic nitrogens is 2. The van der Waals surface area contributed by atoms with Crippen LogP contribution in [-0.4, -0.2) is 14.7 Å². The Hall–Kier alpha value is -0.880. The molecule has 1 aromatic heterocycles. The second kappa shape index (κ2) is 5.84. The number of rotatable bonds is 4. The molecular formula is C14H17IN2O. The number of halogens is 1. The van der Waals surface area contributed by atoms with Gasteiger partial charge in [-0.1, -0.05) is 25.1 Å². The van der Waals surface area contributed by atoms with Gasteiger partial charge in [-0.15, -0.1) is 0 Å². The number of imidazole rings is 1. The van der Waals surface area contributed by atoms with Crippen LogP contribution < -0.4 is 0 Å². The van der Waals surface area contributed by atoms with Crippen LogP contribution in [0.3, 0.4) is 0 Å². The zero-order valence-corrected chi connectivity index (χ0v) is 12.8. The minimum Gasteiger partial charge on any atom is -0.380 e. The van der Waals surface area contributed by atoms with Crippen molar-refractivity contribution in [1.82, 2.24) is 9.55 Å². The fraction of sp³-hybridized carbons (Fsp3) is 0.357. The molecule has 1 aromatic carbocycles. The van der Waals surface area contributed by atoms with Crippen molar-refractivity contribution in [3.8, 4) is 0 Å². The molecular weight excluding hydrogens is 339 g/mol. The molecule has 0 saturated heterocycles. The van der Waals surface area contributed by atoms with Gasteiger partial charge < -0.3 is 9.67 Å². The lowest BCUT2D eigenvalue weighted by Crippen LogP contribution is -2.11. The Kier molecular flexibility index (Phi) is 4.40. The maximum Gasteiger partial charge on any atom is 0.142 e. The van der Waals surface area contributed by atoms with Gasteiger partial charge in [0.1, 0.15) is 11.9 Å². The van der Waals surface area contributed by atoms with E-state index in [9.17, 15) is 5.11 Å². The molecule has 96 valence electrons. The molecule has 4 heteroatoms. The summed E-state index contributed by atoms with van der Waals surface area (Å²) in [6.07, 6.45) is 4.04. The Balaban J connectivity index is 2.38. The van der Waals surface area contributed by atoms with Gasteiger partial charge in [-0.05, 0) is 41.5 Å². The quantitative estimate of drug-likeness (QED) is 0.854. The molecule has 0 aliphatic rings. The third kappa shape index (κ3) is 2.59. The topological polar surface area (TPSA) is 38.0 Å². The third-order valence-corrected chi connectivity index (χ3v) is 4.45. The minimum atomic E-state index is -0.654. The standard InChI is InChI=1S/C14H17IN2O/c1-3-8-17-9-7-16-14(17)13(18)11-6-4-5-10(2)12(11)15/h4-7,9,13,18H,3,8H2,1-2H3. The van der Waals surface area contributed by atoms with Crippen LogP contribution in [-0.2, 0) is 6.54 Å². The molecule has 1 heterocycles. The highest BCUT2D eigenvalue weighted by atomic mass is 127. The lowest BCUT2D eigenvalue weighted by atomic mass is 10.1. The van der Waals surface area contributed by atoms with Crippen LogP contribution in [0.4, 0.5) is 0 Å². The van der Waals surface area contributed by atoms with Crippen molar-refractivity contribution in [3.05, 3.63) is 51.1 Å². The van der Waals surface area contributed by atoms with E-state index in [2.05, 4.69) is 47.5 Å². The van der Waals surface area contributed by atoms with Gasteiger partial charge in [-0.3, -0.25) is 0 Å². The van der Waals surface area contributed by atoms with Crippen LogP contribution in [0.15, 0.2) is 30.6 Å². The summed E-state index contributed by atoms with van der Waals surface area (Å²) in [4.78, 5) is 4.29. The van der Waals surface area contributed by atoms with Crippen molar-refractivity contribution < 1.29 is 5.11 Å². The van der Waals surface area contributed by atoms with Gasteiger partial charge in [0.15, 0.2) is 0 Å². The van der Waals surface area contributed by atoms with Crippen molar-refractivity contribution in [2.75, 3.05) is 0 Å². The van der Waals surface area contributed by atoms with Gasteiger partial charge in [0.05, 0.1) is 0 Å². The molecule has 1 N–H and O–H groups in total. The highest BCUT2D eigenvalue weighted by molar-refractivity contribution is 14.1. The van der Waals surface area contributed by atoms with E-state index in [1.807, 2.05) is 22.9 Å². The van der Waals surface area contributed by atoms with E-state index in [1.165, 1.54) is 5.56 Å². The van der Waals surface area contributed by atoms with E-state index in [1.54, 1.807) is 6.20 Å². The highest BCUT2D eigenvalue weighted by Crippen LogP contribution is 2.27. The number of aliphatic hydroxyl groups is 1. The first-order valence-electron chi connectivity index (χ1n) is 6.09. The number of hydrogen-bond donors (Lipinski definition) is 1. The van der Waals surface area contributed by atoms with Gasteiger partial charge in [-0.2, -0.15) is 0 Å². The number of aryl methyl sites for hydroxylation is 2. The molecule has 0 fully saturated rings. The van der Waals surface area contributed by atoms with Crippen molar-refractivity contribution in [2.24, 2.45) is 0 Å². The zero-order chi connectivity index (χ0) is 13.1. The number of benzene rings is 1. The van der Waals surface area contributed by atoms with Crippen molar-refractivity contribution in [1.29, 1.82) is 0 Å². The van der Waals surface area contributed by atoms with E-state index in [0.29, 0.717) is 0 Å². The van der Waals surface area contributed by atoms with Crippen molar-refractivity contribution in [2.45, 2.75) is 32.9 Å². The molecule has 2 rings (SSSR count). The molecule has 0 amide bonds. The molecule has 0 saturated carbocycles. The van der Waals surface area contributed by atoms with Gasteiger partial charge in [-0.25, -0.2) is 4.98 Å². The van der Waals surface area contributed by atoms with Crippen LogP contribution in [0.5, 0.6) is 0 Å². The maximum absolute atomic E-state index is 10.5. The molecule has 1 atom stereocenters. The zero-order valence-electron chi connectivity index (χ0n) is 10.6. The van der Waals surface area contributed by atoms with E-state index in [0.717, 1.165) is 27.9 Å². The summed E-state index contributed by atoms with van der Waals surface area (Å²) >= 11 is 2.28. The first kappa shape index (κ1) is 13.5. The lowest BCUT2D eigenvalue weighted by Gasteiger charge is -2.15. The Morgan fingerprint density at radius 3 is 2.94 bits per heavy atom. The van der Waals surface area contributed by atoms with E-state index >= 15 is 0 Å². The first-order valence-corrected chi connectivity index (χ1v) is 7.17. The van der Waals surface area contributed by atoms with Crippen LogP contribution in [0, 0.1) is 10.5 Å². The van der Waals surface area contributed by atoms with Crippen LogP contribution in [0.1, 0.15) is 36.4 Å². The van der Waals surface area contributed by atoms with Gasteiger partial charge in [0, 0.05) is 28.1 Å². The first-order chi connectivity index (χ1) is 8.65. The predicted octanol–water partition coefficient (Wildman–Crippen LogP) is 3.29. The average molecular weight is 356 g/mol. The Labute approximate surface area is 121 Å². The van der Waals surface area contributed by atoms with Gasteiger partial charge in [0.2, 0.25) is 0 Å². The molecule has 0 radical (unpaired) electrons. The minimum absolute atomic E-state index is 0.654. The van der Waals surface area contributed by atoms with Gasteiger partial charge in [0.25, 0.3) is 0 Å². The average Bonchev–Trinajstić information content (AvgIpc) is 2.80. The second-order valence-electron chi connectivity index (χ2n) is 4.36. The monoisotopic (exact) mass is 356 g/mol. The van der Waals surface area contributed by atoms with Crippen LogP contribution in [0.2, 0.25) is 0 Å². The van der Waals surface area contributed by atoms with Gasteiger partial charge >= 0.3 is 0 Å². The molecule has 0 aliphatic carbocycles. The highest BCUT2D eigenvalue weighted by Gasteiger charge is 2.18. The number of aliphatic hydroxyl groups excluding tert-OH is 1. The molecule has 3 nitrogen and oxygen atoms in total. The Bertz CT molecular complexity index is 536. The summed E-state index contributed by atoms with van der Waals surface area (Å²) in [5, 5.41) is 10.5. The lowest BCUT2D eigenvalue weighted by molar-refractivity contribution is 0.203. The predicted molar refractivity (Wildman–Crippen MR) is 80.5 cm³/mol. The second-order valence-corrected chi connectivity index (χ2v) is 5.44. The number of nitrogens with zero attached hydrogens (tertiary/aromatic N) is 2. The SMILES string of the molecule is CCCn1ccnc1C(O)c1cccc(C)c1I. The molecule has 0 bridgehead atoms. The smallest absolute Gasteiger partial charge is 0.142 e. The molecule has 0 aliphatic heterocycles. The van der Waals surface area contributed by atoms with E-state index < -0.39 is 6.10 Å². The summed E-state index contributed by atoms with van der Waals surface area (Å²) in [5.74, 6) is 0.723. The third-order valence-electron chi connectivity index (χ3n) is 2.97. The largest absolute Gasteiger partial charge is 0.380 e. The summed E-state index contributed by atoms with van der Waals surface area (Å²) in [7, 11) is 0. The maximum atomic E-state index is 10.5. The van der Waals surface area contributed by atoms with Crippen molar-refractivity contribution in [3.63, 3.8) is 0 Å². The van der Waals surface area contributed by atoms with Crippen molar-refractivity contribution >= 4 is 22.6 Å². The summed E-state index contributed by atoms with van der Waals surface area (Å²) < 4.78 is 3.12. The summed E-state index contributed by atoms with van der Waals surface area (Å²) in [6, 6.07) is 5.99. The summed E-state index contributed by atoms with van der Waals surface area (Å²) in [5.41, 5.74) is 2.11. The molecule has 0 spiro atoms. The Morgan fingerprint density at radius 2 is 2.22 bits per heavy atom. The fourth-order valence-electron chi connectivity index (χ4n) is 2.02. The molecule has 18 heavy (non-hydrogen) atoms. The Morgan fingerprint density at radius 1 is 1.44 bits per heavy atom. The van der Waals surface area contributed by atoms with Crippen LogP contribution in [0.25, 0.3) is 0 Å². The fourth-order valence-corrected chi connectivity index (χ4v) is 2.67. The van der Waals surface area contributed by atoms with E-state index in [4.69, 9.17) is 0 Å². The molecule has 1 unspecified atom stereocenters. The van der Waals surface area contributed by atoms with Crippen LogP contribution >= 0.6 is 22.6 Å². The normalized spacial score (nSPS) is 12.7. The molecule has 2 aromatic rings. The number of hydrogen-bond acceptors (Lipinski definition) is 2.